The van der Waals surface area contributed by atoms with Crippen LogP contribution in [-0.4, -0.2) is 36.0 Å². The molecule has 2 heterocycles. The van der Waals surface area contributed by atoms with Crippen molar-refractivity contribution in [2.24, 2.45) is 5.92 Å². The van der Waals surface area contributed by atoms with Gasteiger partial charge in [-0.05, 0) is 12.8 Å². The van der Waals surface area contributed by atoms with Crippen LogP contribution in [0.1, 0.15) is 12.8 Å². The number of nitrogens with zero attached hydrogens (tertiary/aromatic N) is 3. The number of carbonyl (C=O) groups excluding carboxylic acids is 1. The highest BCUT2D eigenvalue weighted by Gasteiger charge is 2.25. The fraction of sp³-hybridized carbons (Fsp3) is 0.545. The molecule has 0 bridgehead atoms. The van der Waals surface area contributed by atoms with Gasteiger partial charge in [0.25, 0.3) is 0 Å². The van der Waals surface area contributed by atoms with Crippen molar-refractivity contribution in [3.63, 3.8) is 0 Å². The number of anilines is 1. The average Bonchev–Trinajstić information content (AvgIpc) is 2.38. The van der Waals surface area contributed by atoms with Crippen molar-refractivity contribution in [1.82, 2.24) is 15.3 Å². The average molecular weight is 238 g/mol. The quantitative estimate of drug-likeness (QED) is 0.766. The molecule has 5 nitrogen and oxygen atoms in total. The number of halogens is 1. The Morgan fingerprint density at radius 2 is 2.41 bits per heavy atom. The molecule has 0 saturated carbocycles. The maximum Gasteiger partial charge on any atom is 0.224 e. The molecule has 6 heteroatoms. The molecule has 1 aromatic rings. The van der Waals surface area contributed by atoms with E-state index in [2.05, 4.69) is 15.3 Å². The second kappa shape index (κ2) is 5.07. The molecule has 1 aliphatic rings. The fourth-order valence-corrected chi connectivity index (χ4v) is 2.10. The van der Waals surface area contributed by atoms with Gasteiger partial charge in [0.1, 0.15) is 12.1 Å². The number of amides is 1. The molecule has 17 heavy (non-hydrogen) atoms. The third-order valence-corrected chi connectivity index (χ3v) is 2.98. The first-order chi connectivity index (χ1) is 8.20. The molecule has 2 rings (SSSR count). The van der Waals surface area contributed by atoms with Gasteiger partial charge in [0.15, 0.2) is 0 Å². The minimum Gasteiger partial charge on any atom is -0.359 e. The van der Waals surface area contributed by atoms with E-state index in [0.29, 0.717) is 12.4 Å². The van der Waals surface area contributed by atoms with E-state index in [-0.39, 0.29) is 11.8 Å². The van der Waals surface area contributed by atoms with Crippen LogP contribution in [0.5, 0.6) is 0 Å². The minimum atomic E-state index is -0.544. The van der Waals surface area contributed by atoms with Gasteiger partial charge in [-0.25, -0.2) is 9.97 Å². The predicted molar refractivity (Wildman–Crippen MR) is 61.0 cm³/mol. The summed E-state index contributed by atoms with van der Waals surface area (Å²) >= 11 is 0. The highest BCUT2D eigenvalue weighted by molar-refractivity contribution is 5.79. The summed E-state index contributed by atoms with van der Waals surface area (Å²) in [6.07, 6.45) is 2.97. The molecular formula is C11H15FN4O. The largest absolute Gasteiger partial charge is 0.359 e. The number of rotatable bonds is 2. The van der Waals surface area contributed by atoms with E-state index < -0.39 is 5.95 Å². The molecule has 0 aliphatic carbocycles. The van der Waals surface area contributed by atoms with Gasteiger partial charge in [-0.2, -0.15) is 4.39 Å². The molecule has 1 N–H and O–H groups in total. The Morgan fingerprint density at radius 1 is 1.59 bits per heavy atom. The Morgan fingerprint density at radius 3 is 3.12 bits per heavy atom. The van der Waals surface area contributed by atoms with Crippen molar-refractivity contribution in [3.8, 4) is 0 Å². The molecule has 1 saturated heterocycles. The maximum atomic E-state index is 13.0. The highest BCUT2D eigenvalue weighted by atomic mass is 19.1. The molecule has 1 unspecified atom stereocenters. The molecule has 92 valence electrons. The lowest BCUT2D eigenvalue weighted by Gasteiger charge is -2.32. The molecule has 0 spiro atoms. The van der Waals surface area contributed by atoms with Crippen LogP contribution in [0.25, 0.3) is 0 Å². The lowest BCUT2D eigenvalue weighted by atomic mass is 9.97. The molecule has 1 atom stereocenters. The second-order valence-corrected chi connectivity index (χ2v) is 4.10. The first-order valence-corrected chi connectivity index (χ1v) is 5.65. The van der Waals surface area contributed by atoms with E-state index in [1.165, 1.54) is 12.4 Å². The van der Waals surface area contributed by atoms with E-state index in [1.54, 1.807) is 7.05 Å². The summed E-state index contributed by atoms with van der Waals surface area (Å²) < 4.78 is 13.0. The lowest BCUT2D eigenvalue weighted by molar-refractivity contribution is -0.124. The zero-order valence-electron chi connectivity index (χ0n) is 9.69. The highest BCUT2D eigenvalue weighted by Crippen LogP contribution is 2.21. The van der Waals surface area contributed by atoms with Crippen LogP contribution >= 0.6 is 0 Å². The van der Waals surface area contributed by atoms with E-state index in [9.17, 15) is 9.18 Å². The zero-order chi connectivity index (χ0) is 12.3. The molecule has 0 aromatic carbocycles. The van der Waals surface area contributed by atoms with E-state index >= 15 is 0 Å². The number of aromatic nitrogens is 2. The van der Waals surface area contributed by atoms with Crippen LogP contribution in [0.2, 0.25) is 0 Å². The van der Waals surface area contributed by atoms with Crippen LogP contribution in [0.15, 0.2) is 12.4 Å². The molecule has 1 aliphatic heterocycles. The Kier molecular flexibility index (Phi) is 3.51. The van der Waals surface area contributed by atoms with Crippen molar-refractivity contribution in [1.29, 1.82) is 0 Å². The maximum absolute atomic E-state index is 13.0. The summed E-state index contributed by atoms with van der Waals surface area (Å²) in [5.74, 6) is -0.0147. The minimum absolute atomic E-state index is 0.0317. The SMILES string of the molecule is CNC(=O)C1CCCN(c2cc(F)ncn2)C1. The van der Waals surface area contributed by atoms with Crippen molar-refractivity contribution in [2.45, 2.75) is 12.8 Å². The number of hydrogen-bond donors (Lipinski definition) is 1. The van der Waals surface area contributed by atoms with Gasteiger partial charge in [-0.1, -0.05) is 0 Å². The van der Waals surface area contributed by atoms with Gasteiger partial charge in [-0.15, -0.1) is 0 Å². The van der Waals surface area contributed by atoms with Crippen LogP contribution in [0.4, 0.5) is 10.2 Å². The number of piperidine rings is 1. The summed E-state index contributed by atoms with van der Waals surface area (Å²) in [6, 6.07) is 1.30. The van der Waals surface area contributed by atoms with Crippen molar-refractivity contribution < 1.29 is 9.18 Å². The van der Waals surface area contributed by atoms with Crippen molar-refractivity contribution in [3.05, 3.63) is 18.3 Å². The Hall–Kier alpha value is -1.72. The Labute approximate surface area is 99.1 Å². The number of hydrogen-bond acceptors (Lipinski definition) is 4. The first-order valence-electron chi connectivity index (χ1n) is 5.65. The molecule has 1 aromatic heterocycles. The van der Waals surface area contributed by atoms with Crippen LogP contribution in [0, 0.1) is 11.9 Å². The summed E-state index contributed by atoms with van der Waals surface area (Å²) in [5.41, 5.74) is 0. The van der Waals surface area contributed by atoms with Crippen molar-refractivity contribution >= 4 is 11.7 Å². The normalized spacial score (nSPS) is 20.1. The summed E-state index contributed by atoms with van der Waals surface area (Å²) in [7, 11) is 1.63. The van der Waals surface area contributed by atoms with Gasteiger partial charge >= 0.3 is 0 Å². The van der Waals surface area contributed by atoms with Crippen LogP contribution in [-0.2, 0) is 4.79 Å². The third kappa shape index (κ3) is 2.69. The fourth-order valence-electron chi connectivity index (χ4n) is 2.10. The zero-order valence-corrected chi connectivity index (χ0v) is 9.69. The Balaban J connectivity index is 2.09. The number of nitrogens with one attached hydrogen (secondary N) is 1. The molecule has 1 fully saturated rings. The second-order valence-electron chi connectivity index (χ2n) is 4.10. The monoisotopic (exact) mass is 238 g/mol. The predicted octanol–water partition coefficient (Wildman–Crippen LogP) is 0.578. The van der Waals surface area contributed by atoms with Crippen LogP contribution in [0.3, 0.4) is 0 Å². The standard InChI is InChI=1S/C11H15FN4O/c1-13-11(17)8-3-2-4-16(6-8)10-5-9(12)14-7-15-10/h5,7-8H,2-4,6H2,1H3,(H,13,17). The van der Waals surface area contributed by atoms with E-state index in [4.69, 9.17) is 0 Å². The summed E-state index contributed by atoms with van der Waals surface area (Å²) in [4.78, 5) is 20.9. The summed E-state index contributed by atoms with van der Waals surface area (Å²) in [5, 5.41) is 2.65. The van der Waals surface area contributed by atoms with Gasteiger partial charge in [0.2, 0.25) is 11.9 Å². The summed E-state index contributed by atoms with van der Waals surface area (Å²) in [6.45, 7) is 1.38. The topological polar surface area (TPSA) is 58.1 Å². The van der Waals surface area contributed by atoms with Gasteiger partial charge in [0.05, 0.1) is 5.92 Å². The van der Waals surface area contributed by atoms with Gasteiger partial charge < -0.3 is 10.2 Å². The molecule has 0 radical (unpaired) electrons. The smallest absolute Gasteiger partial charge is 0.224 e. The number of carbonyl (C=O) groups is 1. The third-order valence-electron chi connectivity index (χ3n) is 2.98. The lowest BCUT2D eigenvalue weighted by Crippen LogP contribution is -2.42. The van der Waals surface area contributed by atoms with Gasteiger partial charge in [0, 0.05) is 26.2 Å². The first kappa shape index (κ1) is 11.8. The van der Waals surface area contributed by atoms with Gasteiger partial charge in [-0.3, -0.25) is 4.79 Å². The van der Waals surface area contributed by atoms with E-state index in [1.807, 2.05) is 4.90 Å². The molecule has 1 amide bonds. The van der Waals surface area contributed by atoms with Crippen LogP contribution < -0.4 is 10.2 Å². The molecular weight excluding hydrogens is 223 g/mol. The Bertz CT molecular complexity index is 412. The van der Waals surface area contributed by atoms with E-state index in [0.717, 1.165) is 19.4 Å². The van der Waals surface area contributed by atoms with Crippen molar-refractivity contribution in [2.75, 3.05) is 25.0 Å².